The lowest BCUT2D eigenvalue weighted by molar-refractivity contribution is 0.207. The van der Waals surface area contributed by atoms with Crippen LogP contribution in [-0.2, 0) is 6.54 Å². The zero-order chi connectivity index (χ0) is 21.3. The van der Waals surface area contributed by atoms with Crippen molar-refractivity contribution in [3.05, 3.63) is 35.9 Å². The van der Waals surface area contributed by atoms with Gasteiger partial charge >= 0.3 is 0 Å². The van der Waals surface area contributed by atoms with E-state index in [-0.39, 0.29) is 0 Å². The molecular formula is C24H38N4O2. The van der Waals surface area contributed by atoms with Gasteiger partial charge in [-0.2, -0.15) is 0 Å². The Morgan fingerprint density at radius 1 is 1.20 bits per heavy atom. The summed E-state index contributed by atoms with van der Waals surface area (Å²) in [6.07, 6.45) is 7.33. The van der Waals surface area contributed by atoms with Crippen molar-refractivity contribution in [3.63, 3.8) is 0 Å². The molecular weight excluding hydrogens is 376 g/mol. The van der Waals surface area contributed by atoms with Crippen molar-refractivity contribution in [2.45, 2.75) is 64.1 Å². The minimum absolute atomic E-state index is 0.317. The fourth-order valence-corrected chi connectivity index (χ4v) is 4.29. The van der Waals surface area contributed by atoms with Crippen LogP contribution in [0.2, 0.25) is 0 Å². The van der Waals surface area contributed by atoms with E-state index in [2.05, 4.69) is 40.1 Å². The lowest BCUT2D eigenvalue weighted by Gasteiger charge is -2.33. The summed E-state index contributed by atoms with van der Waals surface area (Å²) in [5, 5.41) is 7.06. The van der Waals surface area contributed by atoms with Gasteiger partial charge in [-0.15, -0.1) is 0 Å². The van der Waals surface area contributed by atoms with Crippen LogP contribution in [0.15, 0.2) is 35.3 Å². The van der Waals surface area contributed by atoms with Gasteiger partial charge in [-0.3, -0.25) is 9.89 Å². The van der Waals surface area contributed by atoms with Crippen LogP contribution in [0.25, 0.3) is 0 Å². The van der Waals surface area contributed by atoms with E-state index in [9.17, 15) is 0 Å². The topological polar surface area (TPSA) is 58.1 Å². The third-order valence-corrected chi connectivity index (χ3v) is 5.96. The van der Waals surface area contributed by atoms with E-state index in [0.717, 1.165) is 68.3 Å². The highest BCUT2D eigenvalue weighted by Gasteiger charge is 2.21. The zero-order valence-electron chi connectivity index (χ0n) is 18.9. The Hall–Kier alpha value is -2.21. The smallest absolute Gasteiger partial charge is 0.191 e. The van der Waals surface area contributed by atoms with E-state index >= 15 is 0 Å². The standard InChI is InChI=1S/C24H38N4O2/c1-18(2)17-28-13-11-20(12-14-28)27-24(25-3)26-16-19-9-10-22(29-4)15-23(19)30-21-7-5-6-8-21/h9-10,15,20-21H,1,5-8,11-14,16-17H2,2-4H3,(H2,25,26,27). The van der Waals surface area contributed by atoms with Gasteiger partial charge in [0.25, 0.3) is 0 Å². The van der Waals surface area contributed by atoms with E-state index in [1.54, 1.807) is 7.11 Å². The molecule has 0 spiro atoms. The summed E-state index contributed by atoms with van der Waals surface area (Å²) in [5.41, 5.74) is 2.36. The monoisotopic (exact) mass is 414 g/mol. The van der Waals surface area contributed by atoms with Crippen LogP contribution in [0.1, 0.15) is 51.0 Å². The Balaban J connectivity index is 1.53. The van der Waals surface area contributed by atoms with Crippen molar-refractivity contribution in [1.29, 1.82) is 0 Å². The second-order valence-corrected chi connectivity index (χ2v) is 8.58. The molecule has 1 saturated heterocycles. The number of ether oxygens (including phenoxy) is 2. The molecule has 0 radical (unpaired) electrons. The van der Waals surface area contributed by atoms with Gasteiger partial charge in [0.1, 0.15) is 11.5 Å². The first-order valence-electron chi connectivity index (χ1n) is 11.2. The average Bonchev–Trinajstić information content (AvgIpc) is 3.25. The Bertz CT molecular complexity index is 720. The van der Waals surface area contributed by atoms with Gasteiger partial charge in [0.2, 0.25) is 0 Å². The molecule has 0 amide bonds. The SMILES string of the molecule is C=C(C)CN1CCC(NC(=NC)NCc2ccc(OC)cc2OC2CCCC2)CC1. The summed E-state index contributed by atoms with van der Waals surface area (Å²) in [7, 11) is 3.52. The van der Waals surface area contributed by atoms with Gasteiger partial charge < -0.3 is 20.1 Å². The number of rotatable bonds is 8. The molecule has 0 atom stereocenters. The van der Waals surface area contributed by atoms with Crippen molar-refractivity contribution in [2.24, 2.45) is 4.99 Å². The lowest BCUT2D eigenvalue weighted by Crippen LogP contribution is -2.48. The molecule has 30 heavy (non-hydrogen) atoms. The number of nitrogens with zero attached hydrogens (tertiary/aromatic N) is 2. The summed E-state index contributed by atoms with van der Waals surface area (Å²) in [4.78, 5) is 6.91. The van der Waals surface area contributed by atoms with E-state index in [4.69, 9.17) is 9.47 Å². The maximum Gasteiger partial charge on any atom is 0.191 e. The first-order valence-corrected chi connectivity index (χ1v) is 11.2. The van der Waals surface area contributed by atoms with Crippen LogP contribution in [-0.4, -0.2) is 56.8 Å². The first kappa shape index (κ1) is 22.5. The predicted molar refractivity (Wildman–Crippen MR) is 123 cm³/mol. The highest BCUT2D eigenvalue weighted by atomic mass is 16.5. The minimum Gasteiger partial charge on any atom is -0.497 e. The molecule has 1 aliphatic heterocycles. The molecule has 2 aliphatic rings. The third kappa shape index (κ3) is 6.66. The number of hydrogen-bond donors (Lipinski definition) is 2. The summed E-state index contributed by atoms with van der Waals surface area (Å²) >= 11 is 0. The van der Waals surface area contributed by atoms with Crippen molar-refractivity contribution >= 4 is 5.96 Å². The molecule has 2 N–H and O–H groups in total. The molecule has 0 unspecified atom stereocenters. The van der Waals surface area contributed by atoms with Crippen LogP contribution >= 0.6 is 0 Å². The van der Waals surface area contributed by atoms with Crippen LogP contribution in [0.4, 0.5) is 0 Å². The summed E-state index contributed by atoms with van der Waals surface area (Å²) in [5.74, 6) is 2.59. The molecule has 166 valence electrons. The molecule has 1 aromatic rings. The Labute approximate surface area is 181 Å². The summed E-state index contributed by atoms with van der Waals surface area (Å²) < 4.78 is 11.7. The average molecular weight is 415 g/mol. The van der Waals surface area contributed by atoms with Crippen LogP contribution in [0, 0.1) is 0 Å². The number of likely N-dealkylation sites (tertiary alicyclic amines) is 1. The molecule has 0 aromatic heterocycles. The number of aliphatic imine (C=N–C) groups is 1. The molecule has 6 nitrogen and oxygen atoms in total. The highest BCUT2D eigenvalue weighted by molar-refractivity contribution is 5.80. The number of guanidine groups is 1. The highest BCUT2D eigenvalue weighted by Crippen LogP contribution is 2.30. The van der Waals surface area contributed by atoms with Crippen LogP contribution in [0.5, 0.6) is 11.5 Å². The normalized spacial score (nSPS) is 19.0. The fourth-order valence-electron chi connectivity index (χ4n) is 4.29. The Morgan fingerprint density at radius 3 is 2.57 bits per heavy atom. The fraction of sp³-hybridized carbons (Fsp3) is 0.625. The molecule has 1 heterocycles. The minimum atomic E-state index is 0.317. The lowest BCUT2D eigenvalue weighted by atomic mass is 10.0. The van der Waals surface area contributed by atoms with E-state index in [1.165, 1.54) is 18.4 Å². The van der Waals surface area contributed by atoms with Crippen molar-refractivity contribution < 1.29 is 9.47 Å². The maximum atomic E-state index is 6.32. The molecule has 0 bridgehead atoms. The summed E-state index contributed by atoms with van der Waals surface area (Å²) in [6.45, 7) is 9.99. The first-order chi connectivity index (χ1) is 14.6. The van der Waals surface area contributed by atoms with Gasteiger partial charge in [0.05, 0.1) is 13.2 Å². The number of piperidine rings is 1. The number of nitrogens with one attached hydrogen (secondary N) is 2. The van der Waals surface area contributed by atoms with Gasteiger partial charge in [0.15, 0.2) is 5.96 Å². The van der Waals surface area contributed by atoms with Crippen molar-refractivity contribution in [3.8, 4) is 11.5 Å². The van der Waals surface area contributed by atoms with E-state index in [0.29, 0.717) is 18.7 Å². The number of hydrogen-bond acceptors (Lipinski definition) is 4. The van der Waals surface area contributed by atoms with Gasteiger partial charge in [0, 0.05) is 50.9 Å². The van der Waals surface area contributed by atoms with E-state index in [1.807, 2.05) is 19.2 Å². The van der Waals surface area contributed by atoms with Crippen molar-refractivity contribution in [2.75, 3.05) is 33.8 Å². The third-order valence-electron chi connectivity index (χ3n) is 5.96. The largest absolute Gasteiger partial charge is 0.497 e. The van der Waals surface area contributed by atoms with Crippen LogP contribution < -0.4 is 20.1 Å². The molecule has 1 saturated carbocycles. The van der Waals surface area contributed by atoms with Gasteiger partial charge in [-0.1, -0.05) is 12.2 Å². The molecule has 1 aromatic carbocycles. The van der Waals surface area contributed by atoms with E-state index < -0.39 is 0 Å². The summed E-state index contributed by atoms with van der Waals surface area (Å²) in [6, 6.07) is 6.52. The zero-order valence-corrected chi connectivity index (χ0v) is 18.9. The Morgan fingerprint density at radius 2 is 1.93 bits per heavy atom. The van der Waals surface area contributed by atoms with Crippen LogP contribution in [0.3, 0.4) is 0 Å². The second-order valence-electron chi connectivity index (χ2n) is 8.58. The molecule has 3 rings (SSSR count). The molecule has 2 fully saturated rings. The van der Waals surface area contributed by atoms with Crippen molar-refractivity contribution in [1.82, 2.24) is 15.5 Å². The molecule has 6 heteroatoms. The van der Waals surface area contributed by atoms with Gasteiger partial charge in [-0.25, -0.2) is 0 Å². The predicted octanol–water partition coefficient (Wildman–Crippen LogP) is 3.72. The van der Waals surface area contributed by atoms with Gasteiger partial charge in [-0.05, 0) is 57.6 Å². The quantitative estimate of drug-likeness (QED) is 0.386. The maximum absolute atomic E-state index is 6.32. The number of methoxy groups -OCH3 is 1. The Kier molecular flexibility index (Phi) is 8.43. The second kappa shape index (κ2) is 11.3. The molecule has 1 aliphatic carbocycles. The number of benzene rings is 1.